The van der Waals surface area contributed by atoms with E-state index < -0.39 is 0 Å². The van der Waals surface area contributed by atoms with Gasteiger partial charge >= 0.3 is 0 Å². The summed E-state index contributed by atoms with van der Waals surface area (Å²) in [4.78, 5) is 27.6. The molecule has 0 bridgehead atoms. The smallest absolute Gasteiger partial charge is 0.256 e. The van der Waals surface area contributed by atoms with Gasteiger partial charge in [0.2, 0.25) is 5.91 Å². The number of carbonyl (C=O) groups excluding carboxylic acids is 2. The number of hydrogen-bond donors (Lipinski definition) is 2. The Morgan fingerprint density at radius 2 is 2.20 bits per heavy atom. The van der Waals surface area contributed by atoms with Crippen LogP contribution in [-0.2, 0) is 11.2 Å². The fourth-order valence-electron chi connectivity index (χ4n) is 2.17. The van der Waals surface area contributed by atoms with E-state index in [0.29, 0.717) is 17.8 Å². The fraction of sp³-hybridized carbons (Fsp3) is 0.133. The van der Waals surface area contributed by atoms with Crippen molar-refractivity contribution in [3.63, 3.8) is 0 Å². The SMILES string of the molecule is Cc1cccnc1NC(=O)c1ccc2c(c1)CC(=O)N2. The molecule has 0 saturated heterocycles. The summed E-state index contributed by atoms with van der Waals surface area (Å²) in [5, 5.41) is 5.51. The van der Waals surface area contributed by atoms with Crippen LogP contribution in [-0.4, -0.2) is 16.8 Å². The lowest BCUT2D eigenvalue weighted by Crippen LogP contribution is -2.14. The second kappa shape index (κ2) is 4.77. The maximum atomic E-state index is 12.2. The third-order valence-corrected chi connectivity index (χ3v) is 3.23. The van der Waals surface area contributed by atoms with E-state index in [-0.39, 0.29) is 11.8 Å². The summed E-state index contributed by atoms with van der Waals surface area (Å²) in [5.74, 6) is 0.277. The normalized spacial score (nSPS) is 12.8. The quantitative estimate of drug-likeness (QED) is 0.875. The van der Waals surface area contributed by atoms with Gasteiger partial charge in [-0.3, -0.25) is 9.59 Å². The third kappa shape index (κ3) is 2.25. The lowest BCUT2D eigenvalue weighted by atomic mass is 10.1. The molecule has 1 aliphatic heterocycles. The van der Waals surface area contributed by atoms with Gasteiger partial charge in [-0.1, -0.05) is 6.07 Å². The van der Waals surface area contributed by atoms with Crippen LogP contribution >= 0.6 is 0 Å². The first-order valence-corrected chi connectivity index (χ1v) is 6.29. The minimum atomic E-state index is -0.228. The van der Waals surface area contributed by atoms with Gasteiger partial charge in [0.05, 0.1) is 6.42 Å². The Balaban J connectivity index is 1.84. The van der Waals surface area contributed by atoms with Gasteiger partial charge in [-0.25, -0.2) is 4.98 Å². The van der Waals surface area contributed by atoms with Crippen molar-refractivity contribution < 1.29 is 9.59 Å². The number of anilines is 2. The topological polar surface area (TPSA) is 71.1 Å². The molecular weight excluding hydrogens is 254 g/mol. The standard InChI is InChI=1S/C15H13N3O2/c1-9-3-2-6-16-14(9)18-15(20)10-4-5-12-11(7-10)8-13(19)17-12/h2-7H,8H2,1H3,(H,17,19)(H,16,18,20). The summed E-state index contributed by atoms with van der Waals surface area (Å²) in [6.07, 6.45) is 1.95. The minimum Gasteiger partial charge on any atom is -0.326 e. The van der Waals surface area contributed by atoms with E-state index in [9.17, 15) is 9.59 Å². The summed E-state index contributed by atoms with van der Waals surface area (Å²) in [7, 11) is 0. The van der Waals surface area contributed by atoms with Crippen LogP contribution in [0.4, 0.5) is 11.5 Å². The number of hydrogen-bond acceptors (Lipinski definition) is 3. The summed E-state index contributed by atoms with van der Waals surface area (Å²) in [6, 6.07) is 8.88. The minimum absolute atomic E-state index is 0.0434. The Morgan fingerprint density at radius 1 is 1.35 bits per heavy atom. The average Bonchev–Trinajstić information content (AvgIpc) is 2.80. The number of benzene rings is 1. The van der Waals surface area contributed by atoms with E-state index in [1.165, 1.54) is 0 Å². The van der Waals surface area contributed by atoms with Gasteiger partial charge in [-0.15, -0.1) is 0 Å². The summed E-state index contributed by atoms with van der Waals surface area (Å²) >= 11 is 0. The van der Waals surface area contributed by atoms with E-state index in [1.54, 1.807) is 24.4 Å². The van der Waals surface area contributed by atoms with Crippen LogP contribution in [0.1, 0.15) is 21.5 Å². The summed E-state index contributed by atoms with van der Waals surface area (Å²) < 4.78 is 0. The molecule has 5 nitrogen and oxygen atoms in total. The predicted octanol–water partition coefficient (Wildman–Crippen LogP) is 2.14. The third-order valence-electron chi connectivity index (χ3n) is 3.23. The first-order chi connectivity index (χ1) is 9.63. The molecule has 0 spiro atoms. The van der Waals surface area contributed by atoms with Gasteiger partial charge in [-0.05, 0) is 42.3 Å². The van der Waals surface area contributed by atoms with Crippen molar-refractivity contribution in [2.24, 2.45) is 0 Å². The molecule has 5 heteroatoms. The van der Waals surface area contributed by atoms with Gasteiger partial charge in [0, 0.05) is 17.4 Å². The molecule has 1 aliphatic rings. The van der Waals surface area contributed by atoms with E-state index in [4.69, 9.17) is 0 Å². The van der Waals surface area contributed by atoms with Crippen LogP contribution in [0.25, 0.3) is 0 Å². The number of amides is 2. The highest BCUT2D eigenvalue weighted by atomic mass is 16.2. The Hall–Kier alpha value is -2.69. The number of nitrogens with one attached hydrogen (secondary N) is 2. The molecule has 0 fully saturated rings. The second-order valence-corrected chi connectivity index (χ2v) is 4.72. The molecular formula is C15H13N3O2. The van der Waals surface area contributed by atoms with Crippen molar-refractivity contribution in [2.75, 3.05) is 10.6 Å². The highest BCUT2D eigenvalue weighted by Gasteiger charge is 2.19. The molecule has 0 saturated carbocycles. The van der Waals surface area contributed by atoms with Crippen LogP contribution in [0.15, 0.2) is 36.5 Å². The van der Waals surface area contributed by atoms with Crippen molar-refractivity contribution in [3.8, 4) is 0 Å². The van der Waals surface area contributed by atoms with Gasteiger partial charge in [0.25, 0.3) is 5.91 Å². The Morgan fingerprint density at radius 3 is 3.00 bits per heavy atom. The molecule has 1 aromatic heterocycles. The number of fused-ring (bicyclic) bond motifs is 1. The van der Waals surface area contributed by atoms with Crippen LogP contribution in [0, 0.1) is 6.92 Å². The monoisotopic (exact) mass is 267 g/mol. The zero-order chi connectivity index (χ0) is 14.1. The highest BCUT2D eigenvalue weighted by Crippen LogP contribution is 2.24. The molecule has 2 N–H and O–H groups in total. The van der Waals surface area contributed by atoms with E-state index in [2.05, 4.69) is 15.6 Å². The number of aryl methyl sites for hydroxylation is 1. The lowest BCUT2D eigenvalue weighted by Gasteiger charge is -2.07. The molecule has 100 valence electrons. The van der Waals surface area contributed by atoms with Crippen molar-refractivity contribution in [1.29, 1.82) is 0 Å². The highest BCUT2D eigenvalue weighted by molar-refractivity contribution is 6.06. The molecule has 0 radical (unpaired) electrons. The molecule has 2 amide bonds. The van der Waals surface area contributed by atoms with Crippen molar-refractivity contribution in [1.82, 2.24) is 4.98 Å². The number of aromatic nitrogens is 1. The molecule has 0 aliphatic carbocycles. The van der Waals surface area contributed by atoms with E-state index >= 15 is 0 Å². The molecule has 2 heterocycles. The first kappa shape index (κ1) is 12.3. The second-order valence-electron chi connectivity index (χ2n) is 4.72. The summed E-state index contributed by atoms with van der Waals surface area (Å²) in [5.41, 5.74) is 3.05. The average molecular weight is 267 g/mol. The maximum Gasteiger partial charge on any atom is 0.256 e. The lowest BCUT2D eigenvalue weighted by molar-refractivity contribution is -0.115. The van der Waals surface area contributed by atoms with Crippen molar-refractivity contribution in [2.45, 2.75) is 13.3 Å². The van der Waals surface area contributed by atoms with Gasteiger partial charge in [0.15, 0.2) is 0 Å². The number of nitrogens with zero attached hydrogens (tertiary/aromatic N) is 1. The summed E-state index contributed by atoms with van der Waals surface area (Å²) in [6.45, 7) is 1.88. The van der Waals surface area contributed by atoms with E-state index in [0.717, 1.165) is 16.8 Å². The molecule has 3 rings (SSSR count). The Kier molecular flexibility index (Phi) is 2.95. The molecule has 0 unspecified atom stereocenters. The van der Waals surface area contributed by atoms with Crippen molar-refractivity contribution in [3.05, 3.63) is 53.2 Å². The molecule has 2 aromatic rings. The van der Waals surface area contributed by atoms with Gasteiger partial charge in [0.1, 0.15) is 5.82 Å². The molecule has 1 aromatic carbocycles. The van der Waals surface area contributed by atoms with Gasteiger partial charge < -0.3 is 10.6 Å². The molecule has 0 atom stereocenters. The zero-order valence-electron chi connectivity index (χ0n) is 10.9. The van der Waals surface area contributed by atoms with Gasteiger partial charge in [-0.2, -0.15) is 0 Å². The van der Waals surface area contributed by atoms with Crippen LogP contribution in [0.5, 0.6) is 0 Å². The largest absolute Gasteiger partial charge is 0.326 e. The van der Waals surface area contributed by atoms with Crippen LogP contribution in [0.2, 0.25) is 0 Å². The zero-order valence-corrected chi connectivity index (χ0v) is 10.9. The number of carbonyl (C=O) groups is 2. The number of rotatable bonds is 2. The Bertz CT molecular complexity index is 710. The van der Waals surface area contributed by atoms with Crippen molar-refractivity contribution >= 4 is 23.3 Å². The molecule has 20 heavy (non-hydrogen) atoms. The van der Waals surface area contributed by atoms with E-state index in [1.807, 2.05) is 19.1 Å². The first-order valence-electron chi connectivity index (χ1n) is 6.29. The number of pyridine rings is 1. The predicted molar refractivity (Wildman–Crippen MR) is 75.7 cm³/mol. The Labute approximate surface area is 116 Å². The fourth-order valence-corrected chi connectivity index (χ4v) is 2.17. The van der Waals surface area contributed by atoms with Crippen LogP contribution in [0.3, 0.4) is 0 Å². The maximum absolute atomic E-state index is 12.2. The van der Waals surface area contributed by atoms with Crippen LogP contribution < -0.4 is 10.6 Å².